The van der Waals surface area contributed by atoms with Gasteiger partial charge < -0.3 is 14.8 Å². The third-order valence-corrected chi connectivity index (χ3v) is 3.92. The van der Waals surface area contributed by atoms with Crippen molar-refractivity contribution in [2.75, 3.05) is 19.6 Å². The first-order valence-electron chi connectivity index (χ1n) is 6.19. The smallest absolute Gasteiger partial charge is 0.230 e. The lowest BCUT2D eigenvalue weighted by atomic mass is 9.88. The molecule has 0 saturated carbocycles. The predicted molar refractivity (Wildman–Crippen MR) is 63.2 cm³/mol. The van der Waals surface area contributed by atoms with Crippen molar-refractivity contribution in [2.24, 2.45) is 5.41 Å². The second-order valence-corrected chi connectivity index (χ2v) is 5.25. The first-order chi connectivity index (χ1) is 8.19. The van der Waals surface area contributed by atoms with Gasteiger partial charge in [0.15, 0.2) is 0 Å². The molecule has 1 saturated heterocycles. The molecule has 0 radical (unpaired) electrons. The van der Waals surface area contributed by atoms with Crippen molar-refractivity contribution < 1.29 is 4.79 Å². The van der Waals surface area contributed by atoms with Crippen LogP contribution >= 0.6 is 0 Å². The van der Waals surface area contributed by atoms with Crippen LogP contribution in [-0.4, -0.2) is 40.0 Å². The van der Waals surface area contributed by atoms with E-state index in [1.807, 2.05) is 17.3 Å². The van der Waals surface area contributed by atoms with Crippen molar-refractivity contribution in [1.29, 1.82) is 0 Å². The van der Waals surface area contributed by atoms with E-state index in [0.717, 1.165) is 38.4 Å². The summed E-state index contributed by atoms with van der Waals surface area (Å²) in [6, 6.07) is 0. The Morgan fingerprint density at radius 1 is 1.53 bits per heavy atom. The summed E-state index contributed by atoms with van der Waals surface area (Å²) < 4.78 is 2.12. The van der Waals surface area contributed by atoms with Gasteiger partial charge in [0.1, 0.15) is 5.82 Å². The van der Waals surface area contributed by atoms with Crippen LogP contribution in [0.1, 0.15) is 19.2 Å². The molecule has 1 N–H and O–H groups in total. The van der Waals surface area contributed by atoms with Crippen LogP contribution in [0.2, 0.25) is 0 Å². The van der Waals surface area contributed by atoms with Crippen molar-refractivity contribution in [1.82, 2.24) is 19.8 Å². The summed E-state index contributed by atoms with van der Waals surface area (Å²) in [7, 11) is 0. The summed E-state index contributed by atoms with van der Waals surface area (Å²) in [5, 5.41) is 3.28. The van der Waals surface area contributed by atoms with Gasteiger partial charge in [0.2, 0.25) is 5.91 Å². The van der Waals surface area contributed by atoms with Gasteiger partial charge in [0.25, 0.3) is 0 Å². The van der Waals surface area contributed by atoms with Crippen LogP contribution in [0.4, 0.5) is 0 Å². The Kier molecular flexibility index (Phi) is 2.43. The Morgan fingerprint density at radius 3 is 3.18 bits per heavy atom. The number of aromatic nitrogens is 2. The number of rotatable bonds is 1. The molecular weight excluding hydrogens is 216 g/mol. The van der Waals surface area contributed by atoms with Gasteiger partial charge in [-0.05, 0) is 19.9 Å². The Hall–Kier alpha value is -1.36. The maximum absolute atomic E-state index is 12.5. The quantitative estimate of drug-likeness (QED) is 0.756. The summed E-state index contributed by atoms with van der Waals surface area (Å²) in [5.74, 6) is 1.27. The van der Waals surface area contributed by atoms with E-state index in [4.69, 9.17) is 0 Å². The average Bonchev–Trinajstić information content (AvgIpc) is 2.96. The molecule has 0 aromatic carbocycles. The zero-order chi connectivity index (χ0) is 11.9. The number of nitrogens with one attached hydrogen (secondary N) is 1. The van der Waals surface area contributed by atoms with Gasteiger partial charge in [-0.1, -0.05) is 0 Å². The Balaban J connectivity index is 1.76. The van der Waals surface area contributed by atoms with Crippen LogP contribution in [0.3, 0.4) is 0 Å². The van der Waals surface area contributed by atoms with Gasteiger partial charge in [0.05, 0.1) is 12.0 Å². The minimum absolute atomic E-state index is 0.214. The third kappa shape index (κ3) is 1.74. The lowest BCUT2D eigenvalue weighted by Crippen LogP contribution is -2.46. The molecule has 2 aliphatic rings. The maximum Gasteiger partial charge on any atom is 0.230 e. The van der Waals surface area contributed by atoms with Gasteiger partial charge in [-0.15, -0.1) is 0 Å². The number of fused-ring (bicyclic) bond motifs is 1. The number of carbonyl (C=O) groups is 1. The number of carbonyl (C=O) groups excluding carboxylic acids is 1. The molecule has 1 aromatic rings. The van der Waals surface area contributed by atoms with E-state index >= 15 is 0 Å². The molecule has 92 valence electrons. The van der Waals surface area contributed by atoms with E-state index in [1.165, 1.54) is 0 Å². The van der Waals surface area contributed by atoms with Gasteiger partial charge in [-0.3, -0.25) is 4.79 Å². The molecule has 1 amide bonds. The van der Waals surface area contributed by atoms with Crippen molar-refractivity contribution in [3.05, 3.63) is 18.2 Å². The van der Waals surface area contributed by atoms with Crippen LogP contribution in [0.15, 0.2) is 12.4 Å². The average molecular weight is 234 g/mol. The standard InChI is InChI=1S/C12H18N4O/c1-12(2-3-13-9-12)11(17)16-7-6-15-5-4-14-10(15)8-16/h4-5,13H,2-3,6-9H2,1H3. The molecule has 1 unspecified atom stereocenters. The molecule has 1 fully saturated rings. The molecule has 1 atom stereocenters. The number of amides is 1. The van der Waals surface area contributed by atoms with Crippen LogP contribution in [-0.2, 0) is 17.9 Å². The Morgan fingerprint density at radius 2 is 2.41 bits per heavy atom. The zero-order valence-electron chi connectivity index (χ0n) is 10.1. The van der Waals surface area contributed by atoms with E-state index in [-0.39, 0.29) is 11.3 Å². The fourth-order valence-electron chi connectivity index (χ4n) is 2.73. The summed E-state index contributed by atoms with van der Waals surface area (Å²) in [4.78, 5) is 18.7. The maximum atomic E-state index is 12.5. The molecule has 2 aliphatic heterocycles. The molecule has 17 heavy (non-hydrogen) atoms. The van der Waals surface area contributed by atoms with E-state index in [0.29, 0.717) is 6.54 Å². The fraction of sp³-hybridized carbons (Fsp3) is 0.667. The highest BCUT2D eigenvalue weighted by Crippen LogP contribution is 2.28. The minimum Gasteiger partial charge on any atom is -0.333 e. The summed E-state index contributed by atoms with van der Waals surface area (Å²) in [5.41, 5.74) is -0.214. The van der Waals surface area contributed by atoms with Gasteiger partial charge in [-0.2, -0.15) is 0 Å². The molecule has 3 rings (SSSR count). The topological polar surface area (TPSA) is 50.2 Å². The largest absolute Gasteiger partial charge is 0.333 e. The number of nitrogens with zero attached hydrogens (tertiary/aromatic N) is 3. The molecule has 5 nitrogen and oxygen atoms in total. The third-order valence-electron chi connectivity index (χ3n) is 3.92. The lowest BCUT2D eigenvalue weighted by molar-refractivity contribution is -0.141. The minimum atomic E-state index is -0.214. The molecule has 0 spiro atoms. The van der Waals surface area contributed by atoms with Gasteiger partial charge in [-0.25, -0.2) is 4.98 Å². The zero-order valence-corrected chi connectivity index (χ0v) is 10.1. The van der Waals surface area contributed by atoms with Crippen molar-refractivity contribution in [3.63, 3.8) is 0 Å². The first kappa shape index (κ1) is 10.8. The highest BCUT2D eigenvalue weighted by molar-refractivity contribution is 5.83. The summed E-state index contributed by atoms with van der Waals surface area (Å²) in [6.45, 7) is 6.14. The number of hydrogen-bond donors (Lipinski definition) is 1. The van der Waals surface area contributed by atoms with E-state index in [9.17, 15) is 4.79 Å². The van der Waals surface area contributed by atoms with Crippen LogP contribution in [0.5, 0.6) is 0 Å². The van der Waals surface area contributed by atoms with Crippen molar-refractivity contribution in [3.8, 4) is 0 Å². The van der Waals surface area contributed by atoms with E-state index < -0.39 is 0 Å². The first-order valence-corrected chi connectivity index (χ1v) is 6.19. The Bertz CT molecular complexity index is 433. The normalized spacial score (nSPS) is 28.2. The molecule has 0 aliphatic carbocycles. The summed E-state index contributed by atoms with van der Waals surface area (Å²) in [6.07, 6.45) is 4.73. The van der Waals surface area contributed by atoms with Crippen LogP contribution in [0.25, 0.3) is 0 Å². The Labute approximate surface area is 101 Å². The monoisotopic (exact) mass is 234 g/mol. The SMILES string of the molecule is CC1(C(=O)N2CCn3ccnc3C2)CCNC1. The van der Waals surface area contributed by atoms with E-state index in [2.05, 4.69) is 21.8 Å². The second kappa shape index (κ2) is 3.84. The molecule has 5 heteroatoms. The van der Waals surface area contributed by atoms with Crippen molar-refractivity contribution >= 4 is 5.91 Å². The lowest BCUT2D eigenvalue weighted by Gasteiger charge is -2.34. The fourth-order valence-corrected chi connectivity index (χ4v) is 2.73. The molecule has 0 bridgehead atoms. The highest BCUT2D eigenvalue weighted by Gasteiger charge is 2.40. The van der Waals surface area contributed by atoms with E-state index in [1.54, 1.807) is 0 Å². The molecular formula is C12H18N4O. The summed E-state index contributed by atoms with van der Waals surface area (Å²) >= 11 is 0. The second-order valence-electron chi connectivity index (χ2n) is 5.25. The number of imidazole rings is 1. The highest BCUT2D eigenvalue weighted by atomic mass is 16.2. The van der Waals surface area contributed by atoms with Crippen molar-refractivity contribution in [2.45, 2.75) is 26.4 Å². The molecule has 1 aromatic heterocycles. The predicted octanol–water partition coefficient (Wildman–Crippen LogP) is 0.225. The van der Waals surface area contributed by atoms with Gasteiger partial charge in [0, 0.05) is 32.0 Å². The number of hydrogen-bond acceptors (Lipinski definition) is 3. The molecule has 3 heterocycles. The van der Waals surface area contributed by atoms with Crippen LogP contribution in [0, 0.1) is 5.41 Å². The van der Waals surface area contributed by atoms with Crippen LogP contribution < -0.4 is 5.32 Å². The van der Waals surface area contributed by atoms with Gasteiger partial charge >= 0.3 is 0 Å².